The van der Waals surface area contributed by atoms with Crippen LogP contribution in [-0.2, 0) is 11.3 Å². The number of piperidine rings is 1. The predicted molar refractivity (Wildman–Crippen MR) is 89.4 cm³/mol. The fourth-order valence-corrected chi connectivity index (χ4v) is 3.52. The lowest BCUT2D eigenvalue weighted by Gasteiger charge is -2.31. The number of likely N-dealkylation sites (tertiary alicyclic amines) is 1. The van der Waals surface area contributed by atoms with E-state index in [1.807, 2.05) is 6.07 Å². The van der Waals surface area contributed by atoms with Crippen molar-refractivity contribution in [2.24, 2.45) is 0 Å². The minimum atomic E-state index is -0.922. The summed E-state index contributed by atoms with van der Waals surface area (Å²) >= 11 is 1.41. The highest BCUT2D eigenvalue weighted by Gasteiger charge is 2.28. The van der Waals surface area contributed by atoms with Crippen molar-refractivity contribution in [1.82, 2.24) is 19.7 Å². The van der Waals surface area contributed by atoms with Gasteiger partial charge in [-0.15, -0.1) is 11.3 Å². The van der Waals surface area contributed by atoms with Crippen molar-refractivity contribution in [1.29, 1.82) is 0 Å². The number of aromatic nitrogens is 3. The molecule has 0 aliphatic carbocycles. The van der Waals surface area contributed by atoms with E-state index in [2.05, 4.69) is 15.4 Å². The number of hydrogen-bond donors (Lipinski definition) is 2. The monoisotopic (exact) mass is 349 g/mol. The summed E-state index contributed by atoms with van der Waals surface area (Å²) in [7, 11) is 1.78. The summed E-state index contributed by atoms with van der Waals surface area (Å²) < 4.78 is 1.41. The van der Waals surface area contributed by atoms with Crippen LogP contribution in [0.1, 0.15) is 34.9 Å². The van der Waals surface area contributed by atoms with Crippen LogP contribution in [0.5, 0.6) is 0 Å². The molecule has 3 heterocycles. The topological polar surface area (TPSA) is 100 Å². The number of aliphatic carboxylic acids is 1. The zero-order valence-corrected chi connectivity index (χ0v) is 14.1. The number of carboxylic acids is 1. The smallest absolute Gasteiger partial charge is 0.325 e. The maximum Gasteiger partial charge on any atom is 0.325 e. The molecule has 3 rings (SSSR count). The number of carboxylic acid groups (broad SMARTS) is 1. The van der Waals surface area contributed by atoms with Crippen LogP contribution in [0.15, 0.2) is 17.6 Å². The van der Waals surface area contributed by atoms with Crippen LogP contribution >= 0.6 is 11.3 Å². The Bertz CT molecular complexity index is 741. The first-order chi connectivity index (χ1) is 11.6. The van der Waals surface area contributed by atoms with Crippen LogP contribution in [0, 0.1) is 0 Å². The maximum atomic E-state index is 12.6. The van der Waals surface area contributed by atoms with Gasteiger partial charge in [0.15, 0.2) is 5.13 Å². The molecule has 0 aromatic carbocycles. The van der Waals surface area contributed by atoms with Gasteiger partial charge in [0.1, 0.15) is 12.2 Å². The van der Waals surface area contributed by atoms with E-state index < -0.39 is 5.97 Å². The van der Waals surface area contributed by atoms with Crippen molar-refractivity contribution in [2.45, 2.75) is 25.3 Å². The van der Waals surface area contributed by atoms with E-state index in [9.17, 15) is 9.59 Å². The average molecular weight is 349 g/mol. The van der Waals surface area contributed by atoms with Crippen molar-refractivity contribution < 1.29 is 14.7 Å². The molecular weight excluding hydrogens is 330 g/mol. The van der Waals surface area contributed by atoms with Crippen molar-refractivity contribution in [2.75, 3.05) is 25.5 Å². The molecule has 1 fully saturated rings. The number of anilines is 1. The fraction of sp³-hybridized carbons (Fsp3) is 0.467. The van der Waals surface area contributed by atoms with Crippen LogP contribution < -0.4 is 5.32 Å². The van der Waals surface area contributed by atoms with Gasteiger partial charge in [-0.05, 0) is 18.9 Å². The molecule has 9 heteroatoms. The standard InChI is InChI=1S/C15H19N5O3S/c1-16-15-17-12(9-24-15)14(23)19-5-2-3-10(7-19)11-4-6-20(18-11)8-13(21)22/h4,6,9-10H,2-3,5,7-8H2,1H3,(H,16,17)(H,21,22). The fourth-order valence-electron chi connectivity index (χ4n) is 2.87. The number of carbonyl (C=O) groups is 2. The second-order valence-corrected chi connectivity index (χ2v) is 6.57. The molecule has 2 aromatic heterocycles. The van der Waals surface area contributed by atoms with Crippen molar-refractivity contribution >= 4 is 28.3 Å². The minimum absolute atomic E-state index is 0.0672. The predicted octanol–water partition coefficient (Wildman–Crippen LogP) is 1.49. The van der Waals surface area contributed by atoms with Crippen LogP contribution in [0.25, 0.3) is 0 Å². The van der Waals surface area contributed by atoms with Gasteiger partial charge in [0, 0.05) is 37.6 Å². The van der Waals surface area contributed by atoms with E-state index >= 15 is 0 Å². The molecule has 128 valence electrons. The molecule has 1 atom stereocenters. The Morgan fingerprint density at radius 2 is 2.33 bits per heavy atom. The van der Waals surface area contributed by atoms with Gasteiger partial charge in [-0.2, -0.15) is 5.10 Å². The van der Waals surface area contributed by atoms with Crippen LogP contribution in [-0.4, -0.2) is 56.8 Å². The van der Waals surface area contributed by atoms with Crippen molar-refractivity contribution in [3.63, 3.8) is 0 Å². The van der Waals surface area contributed by atoms with Gasteiger partial charge in [-0.1, -0.05) is 0 Å². The molecule has 0 spiro atoms. The highest BCUT2D eigenvalue weighted by atomic mass is 32.1. The summed E-state index contributed by atoms with van der Waals surface area (Å²) in [5.41, 5.74) is 1.30. The first-order valence-electron chi connectivity index (χ1n) is 7.74. The molecule has 0 bridgehead atoms. The Hall–Kier alpha value is -2.42. The lowest BCUT2D eigenvalue weighted by Crippen LogP contribution is -2.39. The molecule has 1 aliphatic rings. The molecule has 8 nitrogen and oxygen atoms in total. The molecule has 1 unspecified atom stereocenters. The number of thiazole rings is 1. The lowest BCUT2D eigenvalue weighted by molar-refractivity contribution is -0.137. The average Bonchev–Trinajstić information content (AvgIpc) is 3.23. The second-order valence-electron chi connectivity index (χ2n) is 5.71. The number of nitrogens with zero attached hydrogens (tertiary/aromatic N) is 4. The van der Waals surface area contributed by atoms with Gasteiger partial charge in [-0.3, -0.25) is 14.3 Å². The maximum absolute atomic E-state index is 12.6. The van der Waals surface area contributed by atoms with E-state index in [-0.39, 0.29) is 18.4 Å². The van der Waals surface area contributed by atoms with E-state index in [0.717, 1.165) is 23.7 Å². The van der Waals surface area contributed by atoms with E-state index in [1.165, 1.54) is 16.0 Å². The summed E-state index contributed by atoms with van der Waals surface area (Å²) in [6, 6.07) is 1.84. The van der Waals surface area contributed by atoms with E-state index in [4.69, 9.17) is 5.11 Å². The first-order valence-corrected chi connectivity index (χ1v) is 8.62. The number of nitrogens with one attached hydrogen (secondary N) is 1. The van der Waals surface area contributed by atoms with Crippen molar-refractivity contribution in [3.8, 4) is 0 Å². The van der Waals surface area contributed by atoms with Gasteiger partial charge in [-0.25, -0.2) is 4.98 Å². The highest BCUT2D eigenvalue weighted by molar-refractivity contribution is 7.13. The molecule has 1 aliphatic heterocycles. The molecule has 24 heavy (non-hydrogen) atoms. The lowest BCUT2D eigenvalue weighted by atomic mass is 9.95. The summed E-state index contributed by atoms with van der Waals surface area (Å²) in [4.78, 5) is 29.4. The Morgan fingerprint density at radius 3 is 3.04 bits per heavy atom. The molecule has 0 saturated carbocycles. The van der Waals surface area contributed by atoms with Crippen LogP contribution in [0.4, 0.5) is 5.13 Å². The molecule has 1 amide bonds. The Morgan fingerprint density at radius 1 is 1.50 bits per heavy atom. The molecule has 2 N–H and O–H groups in total. The number of hydrogen-bond acceptors (Lipinski definition) is 6. The minimum Gasteiger partial charge on any atom is -0.480 e. The van der Waals surface area contributed by atoms with Crippen molar-refractivity contribution in [3.05, 3.63) is 29.0 Å². The number of amides is 1. The third kappa shape index (κ3) is 3.56. The zero-order valence-electron chi connectivity index (χ0n) is 13.3. The zero-order chi connectivity index (χ0) is 17.1. The summed E-state index contributed by atoms with van der Waals surface area (Å²) in [5.74, 6) is -0.864. The molecule has 2 aromatic rings. The Labute approximate surface area is 143 Å². The Balaban J connectivity index is 1.68. The van der Waals surface area contributed by atoms with Gasteiger partial charge >= 0.3 is 5.97 Å². The molecule has 0 radical (unpaired) electrons. The number of carbonyl (C=O) groups excluding carboxylic acids is 1. The quantitative estimate of drug-likeness (QED) is 0.848. The van der Waals surface area contributed by atoms with Crippen LogP contribution in [0.2, 0.25) is 0 Å². The number of rotatable bonds is 5. The largest absolute Gasteiger partial charge is 0.480 e. The Kier molecular flexibility index (Phi) is 4.79. The van der Waals surface area contributed by atoms with E-state index in [0.29, 0.717) is 18.8 Å². The second kappa shape index (κ2) is 7.00. The summed E-state index contributed by atoms with van der Waals surface area (Å²) in [6.45, 7) is 1.13. The van der Waals surface area contributed by atoms with Gasteiger partial charge < -0.3 is 15.3 Å². The third-order valence-corrected chi connectivity index (χ3v) is 4.88. The normalized spacial score (nSPS) is 17.7. The summed E-state index contributed by atoms with van der Waals surface area (Å²) in [6.07, 6.45) is 3.50. The van der Waals surface area contributed by atoms with Gasteiger partial charge in [0.05, 0.1) is 5.69 Å². The highest BCUT2D eigenvalue weighted by Crippen LogP contribution is 2.27. The third-order valence-electron chi connectivity index (χ3n) is 4.02. The van der Waals surface area contributed by atoms with E-state index in [1.54, 1.807) is 23.5 Å². The van der Waals surface area contributed by atoms with Crippen LogP contribution in [0.3, 0.4) is 0 Å². The molecular formula is C15H19N5O3S. The van der Waals surface area contributed by atoms with Gasteiger partial charge in [0.2, 0.25) is 0 Å². The summed E-state index contributed by atoms with van der Waals surface area (Å²) in [5, 5.41) is 18.6. The SMILES string of the molecule is CNc1nc(C(=O)N2CCCC(c3ccn(CC(=O)O)n3)C2)cs1. The molecule has 1 saturated heterocycles. The van der Waals surface area contributed by atoms with Gasteiger partial charge in [0.25, 0.3) is 5.91 Å². The first kappa shape index (κ1) is 16.4.